The minimum atomic E-state index is -0.186. The molecular weight excluding hydrogens is 316 g/mol. The average Bonchev–Trinajstić information content (AvgIpc) is 3.11. The van der Waals surface area contributed by atoms with Crippen LogP contribution in [0, 0.1) is 0 Å². The monoisotopic (exact) mass is 344 g/mol. The van der Waals surface area contributed by atoms with Gasteiger partial charge in [0.15, 0.2) is 0 Å². The first-order valence-corrected chi connectivity index (χ1v) is 8.73. The van der Waals surface area contributed by atoms with Crippen LogP contribution >= 0.6 is 0 Å². The molecule has 136 valence electrons. The predicted octanol–water partition coefficient (Wildman–Crippen LogP) is 3.18. The maximum absolute atomic E-state index is 12.7. The van der Waals surface area contributed by atoms with E-state index in [9.17, 15) is 4.79 Å². The number of carbonyl (C=O) groups excluding carboxylic acids is 1. The number of hydrogen-bond donors (Lipinski definition) is 1. The van der Waals surface area contributed by atoms with Crippen molar-refractivity contribution in [3.05, 3.63) is 29.7 Å². The maximum Gasteiger partial charge on any atom is 0.323 e. The molecule has 1 aliphatic heterocycles. The van der Waals surface area contributed by atoms with Crippen LogP contribution in [0.25, 0.3) is 0 Å². The third-order valence-electron chi connectivity index (χ3n) is 4.37. The number of amides is 2. The summed E-state index contributed by atoms with van der Waals surface area (Å²) in [4.78, 5) is 14.5. The zero-order valence-corrected chi connectivity index (χ0v) is 16.0. The molecule has 0 aromatic carbocycles. The van der Waals surface area contributed by atoms with E-state index in [-0.39, 0.29) is 17.0 Å². The SMILES string of the molecule is CC(C)(C)c1cc2n(n1)CCN(C(=O)Nc1ccnn1C(C)(C)C)C2. The van der Waals surface area contributed by atoms with E-state index >= 15 is 0 Å². The van der Waals surface area contributed by atoms with Crippen molar-refractivity contribution < 1.29 is 4.79 Å². The van der Waals surface area contributed by atoms with Crippen LogP contribution in [0.4, 0.5) is 10.6 Å². The normalized spacial score (nSPS) is 15.2. The Morgan fingerprint density at radius 2 is 1.88 bits per heavy atom. The molecule has 7 heteroatoms. The summed E-state index contributed by atoms with van der Waals surface area (Å²) in [5.74, 6) is 0.715. The average molecular weight is 344 g/mol. The van der Waals surface area contributed by atoms with Crippen LogP contribution < -0.4 is 5.32 Å². The Morgan fingerprint density at radius 1 is 1.16 bits per heavy atom. The highest BCUT2D eigenvalue weighted by atomic mass is 16.2. The Balaban J connectivity index is 1.73. The smallest absolute Gasteiger partial charge is 0.317 e. The van der Waals surface area contributed by atoms with Gasteiger partial charge < -0.3 is 4.90 Å². The van der Waals surface area contributed by atoms with Crippen LogP contribution in [0.5, 0.6) is 0 Å². The number of nitrogens with zero attached hydrogens (tertiary/aromatic N) is 5. The van der Waals surface area contributed by atoms with Gasteiger partial charge in [-0.25, -0.2) is 9.48 Å². The van der Waals surface area contributed by atoms with Crippen LogP contribution in [-0.4, -0.2) is 37.0 Å². The fourth-order valence-electron chi connectivity index (χ4n) is 2.93. The van der Waals surface area contributed by atoms with Crippen LogP contribution in [0.15, 0.2) is 18.3 Å². The fraction of sp³-hybridized carbons (Fsp3) is 0.611. The fourth-order valence-corrected chi connectivity index (χ4v) is 2.93. The minimum Gasteiger partial charge on any atom is -0.317 e. The molecule has 1 N–H and O–H groups in total. The zero-order chi connectivity index (χ0) is 18.4. The first-order chi connectivity index (χ1) is 11.6. The largest absolute Gasteiger partial charge is 0.323 e. The highest BCUT2D eigenvalue weighted by Gasteiger charge is 2.27. The molecule has 1 aliphatic rings. The lowest BCUT2D eigenvalue weighted by atomic mass is 9.92. The Labute approximate surface area is 149 Å². The second-order valence-corrected chi connectivity index (χ2v) is 8.64. The lowest BCUT2D eigenvalue weighted by molar-refractivity contribution is 0.194. The number of rotatable bonds is 1. The Bertz CT molecular complexity index is 774. The number of anilines is 1. The summed E-state index contributed by atoms with van der Waals surface area (Å²) in [6.07, 6.45) is 1.71. The van der Waals surface area contributed by atoms with Gasteiger partial charge in [-0.1, -0.05) is 20.8 Å². The number of carbonyl (C=O) groups is 1. The van der Waals surface area contributed by atoms with Crippen molar-refractivity contribution in [1.82, 2.24) is 24.5 Å². The molecule has 3 heterocycles. The van der Waals surface area contributed by atoms with Crippen molar-refractivity contribution in [3.8, 4) is 0 Å². The van der Waals surface area contributed by atoms with Gasteiger partial charge in [0.1, 0.15) is 5.82 Å². The van der Waals surface area contributed by atoms with Gasteiger partial charge in [-0.05, 0) is 26.8 Å². The van der Waals surface area contributed by atoms with Gasteiger partial charge in [0.25, 0.3) is 0 Å². The molecule has 0 aliphatic carbocycles. The molecule has 0 bridgehead atoms. The molecule has 0 saturated heterocycles. The van der Waals surface area contributed by atoms with Crippen molar-refractivity contribution in [2.45, 2.75) is 65.6 Å². The molecule has 0 fully saturated rings. The van der Waals surface area contributed by atoms with Gasteiger partial charge in [0.2, 0.25) is 0 Å². The number of fused-ring (bicyclic) bond motifs is 1. The van der Waals surface area contributed by atoms with E-state index in [1.54, 1.807) is 6.20 Å². The molecule has 0 unspecified atom stereocenters. The molecule has 2 aromatic heterocycles. The summed E-state index contributed by atoms with van der Waals surface area (Å²) in [7, 11) is 0. The highest BCUT2D eigenvalue weighted by molar-refractivity contribution is 5.88. The second-order valence-electron chi connectivity index (χ2n) is 8.64. The molecule has 3 rings (SSSR count). The van der Waals surface area contributed by atoms with Crippen LogP contribution in [0.3, 0.4) is 0 Å². The Kier molecular flexibility index (Phi) is 4.13. The lowest BCUT2D eigenvalue weighted by Crippen LogP contribution is -2.41. The van der Waals surface area contributed by atoms with Crippen molar-refractivity contribution in [3.63, 3.8) is 0 Å². The molecule has 0 atom stereocenters. The number of urea groups is 1. The summed E-state index contributed by atoms with van der Waals surface area (Å²) < 4.78 is 3.85. The molecule has 0 spiro atoms. The Morgan fingerprint density at radius 3 is 2.52 bits per heavy atom. The molecule has 2 aromatic rings. The van der Waals surface area contributed by atoms with Gasteiger partial charge in [-0.3, -0.25) is 10.00 Å². The summed E-state index contributed by atoms with van der Waals surface area (Å²) in [5.41, 5.74) is 1.97. The molecule has 7 nitrogen and oxygen atoms in total. The third-order valence-corrected chi connectivity index (χ3v) is 4.37. The van der Waals surface area contributed by atoms with Gasteiger partial charge in [-0.15, -0.1) is 0 Å². The lowest BCUT2D eigenvalue weighted by Gasteiger charge is -2.29. The number of hydrogen-bond acceptors (Lipinski definition) is 3. The van der Waals surface area contributed by atoms with E-state index in [0.717, 1.165) is 17.9 Å². The number of nitrogens with one attached hydrogen (secondary N) is 1. The topological polar surface area (TPSA) is 68.0 Å². The Hall–Kier alpha value is -2.31. The summed E-state index contributed by atoms with van der Waals surface area (Å²) in [6.45, 7) is 14.6. The molecular formula is C18H28N6O. The first-order valence-electron chi connectivity index (χ1n) is 8.73. The van der Waals surface area contributed by atoms with E-state index in [0.29, 0.717) is 18.9 Å². The van der Waals surface area contributed by atoms with E-state index in [4.69, 9.17) is 0 Å². The van der Waals surface area contributed by atoms with Crippen molar-refractivity contribution >= 4 is 11.8 Å². The van der Waals surface area contributed by atoms with E-state index in [2.05, 4.69) is 63.1 Å². The summed E-state index contributed by atoms with van der Waals surface area (Å²) in [6, 6.07) is 3.84. The van der Waals surface area contributed by atoms with Gasteiger partial charge >= 0.3 is 6.03 Å². The quantitative estimate of drug-likeness (QED) is 0.864. The van der Waals surface area contributed by atoms with E-state index in [1.807, 2.05) is 20.3 Å². The van der Waals surface area contributed by atoms with E-state index in [1.165, 1.54) is 0 Å². The summed E-state index contributed by atoms with van der Waals surface area (Å²) >= 11 is 0. The van der Waals surface area contributed by atoms with Crippen LogP contribution in [0.1, 0.15) is 52.9 Å². The maximum atomic E-state index is 12.7. The van der Waals surface area contributed by atoms with Gasteiger partial charge in [-0.2, -0.15) is 10.2 Å². The second kappa shape index (κ2) is 5.89. The van der Waals surface area contributed by atoms with Crippen molar-refractivity contribution in [2.75, 3.05) is 11.9 Å². The highest BCUT2D eigenvalue weighted by Crippen LogP contribution is 2.25. The van der Waals surface area contributed by atoms with Crippen LogP contribution in [-0.2, 0) is 24.0 Å². The van der Waals surface area contributed by atoms with Crippen molar-refractivity contribution in [1.29, 1.82) is 0 Å². The number of aromatic nitrogens is 4. The van der Waals surface area contributed by atoms with E-state index < -0.39 is 0 Å². The summed E-state index contributed by atoms with van der Waals surface area (Å²) in [5, 5.41) is 12.0. The van der Waals surface area contributed by atoms with Gasteiger partial charge in [0, 0.05) is 18.0 Å². The molecule has 0 saturated carbocycles. The molecule has 2 amide bonds. The van der Waals surface area contributed by atoms with Crippen LogP contribution in [0.2, 0.25) is 0 Å². The third kappa shape index (κ3) is 3.55. The molecule has 0 radical (unpaired) electrons. The minimum absolute atomic E-state index is 0.0106. The van der Waals surface area contributed by atoms with Gasteiger partial charge in [0.05, 0.1) is 36.2 Å². The van der Waals surface area contributed by atoms with Crippen molar-refractivity contribution in [2.24, 2.45) is 0 Å². The standard InChI is InChI=1S/C18H28N6O/c1-17(2,3)14-11-13-12-22(9-10-23(13)21-14)16(25)20-15-7-8-19-24(15)18(4,5)6/h7-8,11H,9-10,12H2,1-6H3,(H,20,25). The molecule has 25 heavy (non-hydrogen) atoms. The zero-order valence-electron chi connectivity index (χ0n) is 16.0. The predicted molar refractivity (Wildman–Crippen MR) is 97.6 cm³/mol. The first kappa shape index (κ1) is 17.5.